The molecule has 3 rings (SSSR count). The first-order valence-electron chi connectivity index (χ1n) is 7.62. The van der Waals surface area contributed by atoms with Gasteiger partial charge in [0.15, 0.2) is 6.61 Å². The zero-order chi connectivity index (χ0) is 18.7. The lowest BCUT2D eigenvalue weighted by Gasteiger charge is -2.14. The van der Waals surface area contributed by atoms with E-state index in [4.69, 9.17) is 4.74 Å². The number of ketones is 1. The summed E-state index contributed by atoms with van der Waals surface area (Å²) in [5.74, 6) is -2.01. The Morgan fingerprint density at radius 3 is 2.69 bits per heavy atom. The van der Waals surface area contributed by atoms with Crippen LogP contribution in [0.15, 0.2) is 64.0 Å². The average Bonchev–Trinajstić information content (AvgIpc) is 2.97. The van der Waals surface area contributed by atoms with Crippen LogP contribution in [0.4, 0.5) is 10.1 Å². The summed E-state index contributed by atoms with van der Waals surface area (Å²) in [4.78, 5) is 27.0. The summed E-state index contributed by atoms with van der Waals surface area (Å²) in [6.45, 7) is -0.591. The lowest BCUT2D eigenvalue weighted by molar-refractivity contribution is -0.118. The molecular formula is C19H13FN2O3S. The zero-order valence-corrected chi connectivity index (χ0v) is 14.5. The van der Waals surface area contributed by atoms with Crippen LogP contribution in [0.5, 0.6) is 0 Å². The monoisotopic (exact) mass is 368 g/mol. The molecule has 130 valence electrons. The molecule has 5 nitrogen and oxygen atoms in total. The van der Waals surface area contributed by atoms with Gasteiger partial charge in [-0.3, -0.25) is 4.79 Å². The molecule has 0 saturated carbocycles. The van der Waals surface area contributed by atoms with Gasteiger partial charge in [0.25, 0.3) is 0 Å². The molecule has 1 aliphatic heterocycles. The second-order valence-electron chi connectivity index (χ2n) is 5.43. The number of para-hydroxylation sites is 1. The highest BCUT2D eigenvalue weighted by molar-refractivity contribution is 8.03. The number of esters is 1. The quantitative estimate of drug-likeness (QED) is 0.467. The third kappa shape index (κ3) is 3.46. The van der Waals surface area contributed by atoms with Crippen LogP contribution < -0.4 is 4.90 Å². The normalized spacial score (nSPS) is 14.4. The number of fused-ring (bicyclic) bond motifs is 1. The van der Waals surface area contributed by atoms with E-state index in [-0.39, 0.29) is 11.1 Å². The van der Waals surface area contributed by atoms with Gasteiger partial charge < -0.3 is 9.64 Å². The SMILES string of the molecule is CN1/C(=C(\C#N)C(=O)COC(=O)c2cccc(F)c2)Sc2ccccc21. The molecule has 0 unspecified atom stereocenters. The molecule has 1 heterocycles. The summed E-state index contributed by atoms with van der Waals surface area (Å²) in [7, 11) is 1.76. The Bertz CT molecular complexity index is 965. The molecule has 0 atom stereocenters. The number of nitrogens with zero attached hydrogens (tertiary/aromatic N) is 2. The van der Waals surface area contributed by atoms with E-state index in [1.807, 2.05) is 30.3 Å². The van der Waals surface area contributed by atoms with E-state index in [0.29, 0.717) is 5.03 Å². The third-order valence-corrected chi connectivity index (χ3v) is 4.97. The number of thioether (sulfide) groups is 1. The minimum absolute atomic E-state index is 0.00345. The maximum atomic E-state index is 13.2. The summed E-state index contributed by atoms with van der Waals surface area (Å²) < 4.78 is 18.1. The number of rotatable bonds is 4. The Morgan fingerprint density at radius 1 is 1.23 bits per heavy atom. The van der Waals surface area contributed by atoms with Crippen molar-refractivity contribution in [2.45, 2.75) is 4.90 Å². The van der Waals surface area contributed by atoms with Gasteiger partial charge >= 0.3 is 5.97 Å². The van der Waals surface area contributed by atoms with Crippen molar-refractivity contribution in [3.8, 4) is 6.07 Å². The molecule has 2 aromatic carbocycles. The molecule has 0 radical (unpaired) electrons. The van der Waals surface area contributed by atoms with Crippen molar-refractivity contribution in [3.63, 3.8) is 0 Å². The zero-order valence-electron chi connectivity index (χ0n) is 13.7. The number of anilines is 1. The predicted molar refractivity (Wildman–Crippen MR) is 95.0 cm³/mol. The summed E-state index contributed by atoms with van der Waals surface area (Å²) in [5.41, 5.74) is 0.814. The van der Waals surface area contributed by atoms with Crippen molar-refractivity contribution in [2.75, 3.05) is 18.6 Å². The third-order valence-electron chi connectivity index (χ3n) is 3.74. The lowest BCUT2D eigenvalue weighted by Crippen LogP contribution is -2.20. The first-order chi connectivity index (χ1) is 12.5. The Hall–Kier alpha value is -3.11. The van der Waals surface area contributed by atoms with E-state index < -0.39 is 24.2 Å². The number of nitriles is 1. The van der Waals surface area contributed by atoms with Crippen molar-refractivity contribution >= 4 is 29.2 Å². The number of benzene rings is 2. The van der Waals surface area contributed by atoms with Crippen LogP contribution in [-0.4, -0.2) is 25.4 Å². The molecule has 0 amide bonds. The van der Waals surface area contributed by atoms with Gasteiger partial charge in [0.05, 0.1) is 11.3 Å². The molecular weight excluding hydrogens is 355 g/mol. The number of ether oxygens (including phenoxy) is 1. The van der Waals surface area contributed by atoms with E-state index in [1.54, 1.807) is 11.9 Å². The fraction of sp³-hybridized carbons (Fsp3) is 0.105. The summed E-state index contributed by atoms with van der Waals surface area (Å²) in [5, 5.41) is 9.90. The van der Waals surface area contributed by atoms with E-state index >= 15 is 0 Å². The maximum absolute atomic E-state index is 13.2. The van der Waals surface area contributed by atoms with Crippen LogP contribution in [0.25, 0.3) is 0 Å². The molecule has 1 aliphatic rings. The number of hydrogen-bond donors (Lipinski definition) is 0. The molecule has 0 N–H and O–H groups in total. The predicted octanol–water partition coefficient (Wildman–Crippen LogP) is 3.53. The minimum Gasteiger partial charge on any atom is -0.454 e. The van der Waals surface area contributed by atoms with Gasteiger partial charge in [-0.2, -0.15) is 5.26 Å². The average molecular weight is 368 g/mol. The lowest BCUT2D eigenvalue weighted by atomic mass is 10.2. The fourth-order valence-corrected chi connectivity index (χ4v) is 3.61. The van der Waals surface area contributed by atoms with Crippen LogP contribution in [0.3, 0.4) is 0 Å². The molecule has 0 saturated heterocycles. The second kappa shape index (κ2) is 7.42. The molecule has 0 aromatic heterocycles. The van der Waals surface area contributed by atoms with Crippen LogP contribution in [0.1, 0.15) is 10.4 Å². The van der Waals surface area contributed by atoms with Gasteiger partial charge in [-0.1, -0.05) is 30.0 Å². The van der Waals surface area contributed by atoms with Gasteiger partial charge in [0.2, 0.25) is 5.78 Å². The first kappa shape index (κ1) is 17.7. The number of halogens is 1. The van der Waals surface area contributed by atoms with E-state index in [2.05, 4.69) is 0 Å². The molecule has 2 aromatic rings. The second-order valence-corrected chi connectivity index (χ2v) is 6.46. The highest BCUT2D eigenvalue weighted by Gasteiger charge is 2.28. The minimum atomic E-state index is -0.823. The van der Waals surface area contributed by atoms with E-state index in [9.17, 15) is 19.2 Å². The molecule has 7 heteroatoms. The topological polar surface area (TPSA) is 70.4 Å². The van der Waals surface area contributed by atoms with Gasteiger partial charge in [0.1, 0.15) is 22.5 Å². The standard InChI is InChI=1S/C19H13FN2O3S/c1-22-15-7-2-3-8-17(15)26-18(22)14(10-21)16(23)11-25-19(24)12-5-4-6-13(20)9-12/h2-9H,11H2,1H3/b18-14-. The molecule has 0 bridgehead atoms. The van der Waals surface area contributed by atoms with Crippen molar-refractivity contribution in [2.24, 2.45) is 0 Å². The highest BCUT2D eigenvalue weighted by Crippen LogP contribution is 2.46. The van der Waals surface area contributed by atoms with E-state index in [0.717, 1.165) is 16.6 Å². The van der Waals surface area contributed by atoms with Crippen molar-refractivity contribution in [1.29, 1.82) is 5.26 Å². The largest absolute Gasteiger partial charge is 0.454 e. The van der Waals surface area contributed by atoms with Crippen molar-refractivity contribution in [1.82, 2.24) is 0 Å². The van der Waals surface area contributed by atoms with Gasteiger partial charge in [-0.15, -0.1) is 0 Å². The molecule has 0 fully saturated rings. The van der Waals surface area contributed by atoms with Crippen LogP contribution >= 0.6 is 11.8 Å². The number of carbonyl (C=O) groups is 2. The maximum Gasteiger partial charge on any atom is 0.338 e. The molecule has 26 heavy (non-hydrogen) atoms. The highest BCUT2D eigenvalue weighted by atomic mass is 32.2. The Morgan fingerprint density at radius 2 is 2.00 bits per heavy atom. The number of Topliss-reactive ketones (excluding diaryl/α,β-unsaturated/α-hetero) is 1. The Kier molecular flexibility index (Phi) is 5.05. The fourth-order valence-electron chi connectivity index (χ4n) is 2.45. The van der Waals surface area contributed by atoms with E-state index in [1.165, 1.54) is 30.0 Å². The van der Waals surface area contributed by atoms with Crippen molar-refractivity contribution in [3.05, 3.63) is 70.5 Å². The number of carbonyl (C=O) groups excluding carboxylic acids is 2. The summed E-state index contributed by atoms with van der Waals surface area (Å²) in [6.07, 6.45) is 0. The molecule has 0 spiro atoms. The van der Waals surface area contributed by atoms with Gasteiger partial charge in [0, 0.05) is 11.9 Å². The Balaban J connectivity index is 1.75. The summed E-state index contributed by atoms with van der Waals surface area (Å²) in [6, 6.07) is 14.4. The Labute approximate surface area is 153 Å². The first-order valence-corrected chi connectivity index (χ1v) is 8.44. The number of hydrogen-bond acceptors (Lipinski definition) is 6. The summed E-state index contributed by atoms with van der Waals surface area (Å²) >= 11 is 1.31. The van der Waals surface area contributed by atoms with Gasteiger partial charge in [-0.05, 0) is 30.3 Å². The van der Waals surface area contributed by atoms with Crippen LogP contribution in [-0.2, 0) is 9.53 Å². The van der Waals surface area contributed by atoms with Crippen molar-refractivity contribution < 1.29 is 18.7 Å². The smallest absolute Gasteiger partial charge is 0.338 e. The van der Waals surface area contributed by atoms with Crippen LogP contribution in [0, 0.1) is 17.1 Å². The molecule has 0 aliphatic carbocycles. The van der Waals surface area contributed by atoms with Gasteiger partial charge in [-0.25, -0.2) is 9.18 Å². The van der Waals surface area contributed by atoms with Crippen LogP contribution in [0.2, 0.25) is 0 Å².